The Morgan fingerprint density at radius 1 is 1.29 bits per heavy atom. The summed E-state index contributed by atoms with van der Waals surface area (Å²) >= 11 is 5.38. The number of hydrogen-bond donors (Lipinski definition) is 0. The summed E-state index contributed by atoms with van der Waals surface area (Å²) in [6, 6.07) is 0. The molecule has 1 radical (unpaired) electrons. The van der Waals surface area contributed by atoms with Gasteiger partial charge in [0.1, 0.15) is 0 Å². The topological polar surface area (TPSA) is 0 Å². The minimum atomic E-state index is 0. The molecule has 0 aliphatic heterocycles. The fraction of sp³-hybridized carbons (Fsp3) is 1.00. The third-order valence-corrected chi connectivity index (χ3v) is 1.00. The van der Waals surface area contributed by atoms with Crippen LogP contribution < -0.4 is 0 Å². The first kappa shape index (κ1) is 10.7. The van der Waals surface area contributed by atoms with Crippen LogP contribution in [0.2, 0.25) is 0 Å². The van der Waals surface area contributed by atoms with Crippen LogP contribution in [0.5, 0.6) is 0 Å². The maximum atomic E-state index is 5.38. The van der Waals surface area contributed by atoms with Crippen molar-refractivity contribution in [3.05, 3.63) is 0 Å². The third kappa shape index (κ3) is 10.9. The summed E-state index contributed by atoms with van der Waals surface area (Å²) in [5.74, 6) is 0.827. The molecule has 45 valence electrons. The van der Waals surface area contributed by atoms with Crippen molar-refractivity contribution in [1.82, 2.24) is 0 Å². The van der Waals surface area contributed by atoms with E-state index < -0.39 is 0 Å². The Bertz CT molecular complexity index is 20.0. The van der Waals surface area contributed by atoms with Gasteiger partial charge in [-0.2, -0.15) is 0 Å². The molecule has 0 bridgehead atoms. The van der Waals surface area contributed by atoms with Gasteiger partial charge in [-0.25, -0.2) is 0 Å². The zero-order valence-corrected chi connectivity index (χ0v) is 6.52. The molecule has 0 unspecified atom stereocenters. The fourth-order valence-corrected chi connectivity index (χ4v) is 0.533. The van der Waals surface area contributed by atoms with Crippen molar-refractivity contribution in [3.8, 4) is 0 Å². The van der Waals surface area contributed by atoms with E-state index in [0.29, 0.717) is 0 Å². The number of hydrogen-bond acceptors (Lipinski definition) is 0. The van der Waals surface area contributed by atoms with Gasteiger partial charge in [0, 0.05) is 22.9 Å². The monoisotopic (exact) mass is 161 g/mol. The molecule has 0 aromatic carbocycles. The van der Waals surface area contributed by atoms with Crippen molar-refractivity contribution in [2.45, 2.75) is 26.2 Å². The van der Waals surface area contributed by atoms with Gasteiger partial charge in [0.05, 0.1) is 0 Å². The summed E-state index contributed by atoms with van der Waals surface area (Å²) in [6.07, 6.45) is 3.73. The summed E-state index contributed by atoms with van der Waals surface area (Å²) in [4.78, 5) is 0. The Morgan fingerprint density at radius 2 is 1.86 bits per heavy atom. The summed E-state index contributed by atoms with van der Waals surface area (Å²) in [6.45, 7) is 2.17. The maximum Gasteiger partial charge on any atom is 0.0223 e. The molecule has 0 fully saturated rings. The van der Waals surface area contributed by atoms with E-state index in [1.165, 1.54) is 19.3 Å². The Balaban J connectivity index is 0. The van der Waals surface area contributed by atoms with E-state index in [0.717, 1.165) is 5.88 Å². The molecular weight excluding hydrogens is 150 g/mol. The van der Waals surface area contributed by atoms with Crippen molar-refractivity contribution in [1.29, 1.82) is 0 Å². The van der Waals surface area contributed by atoms with Gasteiger partial charge in [0.25, 0.3) is 0 Å². The molecule has 0 amide bonds. The third-order valence-electron chi connectivity index (χ3n) is 0.737. The van der Waals surface area contributed by atoms with Crippen LogP contribution in [0.1, 0.15) is 26.2 Å². The van der Waals surface area contributed by atoms with E-state index in [1.807, 2.05) is 0 Å². The van der Waals surface area contributed by atoms with Crippen molar-refractivity contribution < 1.29 is 17.1 Å². The van der Waals surface area contributed by atoms with Crippen molar-refractivity contribution in [2.24, 2.45) is 0 Å². The summed E-state index contributed by atoms with van der Waals surface area (Å²) in [5, 5.41) is 0. The molecular formula is C5H11ClMn. The van der Waals surface area contributed by atoms with E-state index >= 15 is 0 Å². The Morgan fingerprint density at radius 3 is 2.00 bits per heavy atom. The van der Waals surface area contributed by atoms with Crippen molar-refractivity contribution in [2.75, 3.05) is 5.88 Å². The predicted molar refractivity (Wildman–Crippen MR) is 30.2 cm³/mol. The fourth-order valence-electron chi connectivity index (χ4n) is 0.344. The van der Waals surface area contributed by atoms with Gasteiger partial charge < -0.3 is 0 Å². The van der Waals surface area contributed by atoms with Gasteiger partial charge >= 0.3 is 0 Å². The Kier molecular flexibility index (Phi) is 15.2. The number of rotatable bonds is 3. The molecule has 0 saturated heterocycles. The molecule has 0 aliphatic rings. The van der Waals surface area contributed by atoms with E-state index in [9.17, 15) is 0 Å². The number of halogens is 1. The Hall–Kier alpha value is 0.809. The molecule has 7 heavy (non-hydrogen) atoms. The van der Waals surface area contributed by atoms with E-state index in [1.54, 1.807) is 0 Å². The van der Waals surface area contributed by atoms with Crippen LogP contribution in [0.15, 0.2) is 0 Å². The second-order valence-electron chi connectivity index (χ2n) is 1.40. The quantitative estimate of drug-likeness (QED) is 0.339. The van der Waals surface area contributed by atoms with Gasteiger partial charge in [0.2, 0.25) is 0 Å². The maximum absolute atomic E-state index is 5.38. The van der Waals surface area contributed by atoms with Crippen LogP contribution in [0.3, 0.4) is 0 Å². The van der Waals surface area contributed by atoms with Crippen molar-refractivity contribution >= 4 is 11.6 Å². The average Bonchev–Trinajstić information content (AvgIpc) is 1.61. The minimum absolute atomic E-state index is 0. The normalized spacial score (nSPS) is 7.71. The first-order chi connectivity index (χ1) is 2.91. The molecule has 0 nitrogen and oxygen atoms in total. The average molecular weight is 162 g/mol. The molecule has 0 aromatic rings. The van der Waals surface area contributed by atoms with Crippen molar-refractivity contribution in [3.63, 3.8) is 0 Å². The molecule has 0 N–H and O–H groups in total. The standard InChI is InChI=1S/C5H11Cl.Mn/c1-2-3-4-5-6;/h2-5H2,1H3;. The van der Waals surface area contributed by atoms with Crippen LogP contribution in [-0.2, 0) is 17.1 Å². The molecule has 0 aliphatic carbocycles. The van der Waals surface area contributed by atoms with Gasteiger partial charge in [-0.1, -0.05) is 19.8 Å². The molecule has 0 atom stereocenters. The zero-order valence-electron chi connectivity index (χ0n) is 4.58. The first-order valence-electron chi connectivity index (χ1n) is 2.47. The van der Waals surface area contributed by atoms with Gasteiger partial charge in [-0.05, 0) is 6.42 Å². The van der Waals surface area contributed by atoms with Crippen LogP contribution in [0.25, 0.3) is 0 Å². The molecule has 0 saturated carbocycles. The zero-order chi connectivity index (χ0) is 4.83. The predicted octanol–water partition coefficient (Wildman–Crippen LogP) is 2.41. The molecule has 0 rings (SSSR count). The van der Waals surface area contributed by atoms with Crippen LogP contribution in [-0.4, -0.2) is 5.88 Å². The smallest absolute Gasteiger partial charge is 0.0223 e. The molecule has 2 heteroatoms. The first-order valence-corrected chi connectivity index (χ1v) is 3.01. The summed E-state index contributed by atoms with van der Waals surface area (Å²) < 4.78 is 0. The number of unbranched alkanes of at least 4 members (excludes halogenated alkanes) is 2. The van der Waals surface area contributed by atoms with Crippen LogP contribution in [0.4, 0.5) is 0 Å². The Labute approximate surface area is 61.1 Å². The number of alkyl halides is 1. The van der Waals surface area contributed by atoms with Gasteiger partial charge in [-0.15, -0.1) is 11.6 Å². The SMILES string of the molecule is CCCCCCl.[Mn]. The van der Waals surface area contributed by atoms with E-state index in [2.05, 4.69) is 6.92 Å². The summed E-state index contributed by atoms with van der Waals surface area (Å²) in [5.41, 5.74) is 0. The second kappa shape index (κ2) is 9.94. The van der Waals surface area contributed by atoms with E-state index in [4.69, 9.17) is 11.6 Å². The molecule has 0 heterocycles. The van der Waals surface area contributed by atoms with E-state index in [-0.39, 0.29) is 17.1 Å². The summed E-state index contributed by atoms with van der Waals surface area (Å²) in [7, 11) is 0. The largest absolute Gasteiger partial charge is 0.127 e. The second-order valence-corrected chi connectivity index (χ2v) is 1.77. The van der Waals surface area contributed by atoms with Gasteiger partial charge in [-0.3, -0.25) is 0 Å². The van der Waals surface area contributed by atoms with Crippen LogP contribution in [0, 0.1) is 0 Å². The molecule has 0 spiro atoms. The minimum Gasteiger partial charge on any atom is -0.127 e. The van der Waals surface area contributed by atoms with Gasteiger partial charge in [0.15, 0.2) is 0 Å². The molecule has 0 aromatic heterocycles. The van der Waals surface area contributed by atoms with Crippen LogP contribution >= 0.6 is 11.6 Å².